The molecule has 0 saturated heterocycles. The van der Waals surface area contributed by atoms with Gasteiger partial charge in [-0.3, -0.25) is 0 Å². The third kappa shape index (κ3) is 4.37. The van der Waals surface area contributed by atoms with Crippen LogP contribution in [0.4, 0.5) is 56.9 Å². The number of nitrogens with zero attached hydrogens (tertiary/aromatic N) is 4. The smallest absolute Gasteiger partial charge is 0.333 e. The fourth-order valence-electron chi connectivity index (χ4n) is 12.7. The first-order chi connectivity index (χ1) is 32.4. The molecule has 0 spiro atoms. The summed E-state index contributed by atoms with van der Waals surface area (Å²) >= 11 is 0. The van der Waals surface area contributed by atoms with Crippen molar-refractivity contribution < 1.29 is 0 Å². The summed E-state index contributed by atoms with van der Waals surface area (Å²) in [5.74, 6) is 0. The number of anilines is 10. The topological polar surface area (TPSA) is 13.0 Å². The van der Waals surface area contributed by atoms with Crippen LogP contribution in [-0.2, 0) is 0 Å². The molecule has 9 aromatic carbocycles. The van der Waals surface area contributed by atoms with Crippen LogP contribution in [-0.4, -0.2) is 59.6 Å². The van der Waals surface area contributed by atoms with Crippen LogP contribution >= 0.6 is 0 Å². The van der Waals surface area contributed by atoms with Crippen LogP contribution in [0.2, 0.25) is 0 Å². The van der Waals surface area contributed by atoms with Gasteiger partial charge in [0.1, 0.15) is 39.2 Å². The zero-order valence-corrected chi connectivity index (χ0v) is 35.6. The molecule has 0 saturated carbocycles. The highest BCUT2D eigenvalue weighted by Crippen LogP contribution is 2.56. The maximum atomic E-state index is 7.01. The molecule has 12 heteroatoms. The zero-order valence-electron chi connectivity index (χ0n) is 35.6. The van der Waals surface area contributed by atoms with Gasteiger partial charge in [-0.25, -0.2) is 0 Å². The van der Waals surface area contributed by atoms with E-state index in [0.29, 0.717) is 16.5 Å². The van der Waals surface area contributed by atoms with Crippen LogP contribution in [0.3, 0.4) is 0 Å². The van der Waals surface area contributed by atoms with E-state index in [4.69, 9.17) is 39.2 Å². The highest BCUT2D eigenvalue weighted by atomic mass is 15.2. The van der Waals surface area contributed by atoms with Gasteiger partial charge in [0, 0.05) is 62.4 Å². The first-order valence-electron chi connectivity index (χ1n) is 22.5. The van der Waals surface area contributed by atoms with Crippen molar-refractivity contribution in [1.82, 2.24) is 0 Å². The zero-order chi connectivity index (χ0) is 43.9. The Morgan fingerprint density at radius 1 is 0.318 bits per heavy atom. The molecule has 4 nitrogen and oxygen atoms in total. The lowest BCUT2D eigenvalue weighted by Crippen LogP contribution is -2.74. The van der Waals surface area contributed by atoms with Gasteiger partial charge in [0.05, 0.1) is 0 Å². The molecule has 9 aromatic rings. The van der Waals surface area contributed by atoms with Crippen LogP contribution in [0.1, 0.15) is 0 Å². The summed E-state index contributed by atoms with van der Waals surface area (Å²) < 4.78 is 0. The maximum absolute atomic E-state index is 7.01. The molecule has 0 fully saturated rings. The summed E-state index contributed by atoms with van der Waals surface area (Å²) in [6, 6.07) is 62.2. The Hall–Kier alpha value is -7.30. The minimum absolute atomic E-state index is 0.0128. The summed E-state index contributed by atoms with van der Waals surface area (Å²) in [5, 5.41) is 0. The van der Waals surface area contributed by atoms with E-state index in [1.165, 1.54) is 66.6 Å². The molecule has 6 heterocycles. The van der Waals surface area contributed by atoms with Crippen molar-refractivity contribution in [3.63, 3.8) is 0 Å². The van der Waals surface area contributed by atoms with E-state index < -0.39 is 0 Å². The second-order valence-corrected chi connectivity index (χ2v) is 18.2. The fraction of sp³-hybridized carbons (Fsp3) is 0. The van der Waals surface area contributed by atoms with E-state index in [-0.39, 0.29) is 36.8 Å². The van der Waals surface area contributed by atoms with Crippen molar-refractivity contribution in [3.05, 3.63) is 170 Å². The van der Waals surface area contributed by atoms with E-state index in [2.05, 4.69) is 189 Å². The Morgan fingerprint density at radius 3 is 1.12 bits per heavy atom. The van der Waals surface area contributed by atoms with Gasteiger partial charge in [-0.2, -0.15) is 0 Å². The third-order valence-electron chi connectivity index (χ3n) is 15.2. The van der Waals surface area contributed by atoms with Gasteiger partial charge in [-0.15, -0.1) is 16.4 Å². The van der Waals surface area contributed by atoms with Gasteiger partial charge in [0.25, 0.3) is 6.71 Å². The van der Waals surface area contributed by atoms with Crippen molar-refractivity contribution in [3.8, 4) is 22.3 Å². The summed E-state index contributed by atoms with van der Waals surface area (Å²) in [7, 11) is 33.8. The Morgan fingerprint density at radius 2 is 0.682 bits per heavy atom. The van der Waals surface area contributed by atoms with Gasteiger partial charge in [0.2, 0.25) is 0 Å². The van der Waals surface area contributed by atoms with Gasteiger partial charge in [0.15, 0.2) is 0 Å². The molecule has 0 aliphatic carbocycles. The largest absolute Gasteiger partial charge is 0.376 e. The molecule has 0 unspecified atom stereocenters. The van der Waals surface area contributed by atoms with Crippen molar-refractivity contribution in [2.24, 2.45) is 0 Å². The van der Waals surface area contributed by atoms with E-state index in [9.17, 15) is 0 Å². The molecule has 15 rings (SSSR count). The molecule has 6 aliphatic rings. The molecule has 0 N–H and O–H groups in total. The Kier molecular flexibility index (Phi) is 7.25. The molecule has 10 radical (unpaired) electrons. The highest BCUT2D eigenvalue weighted by molar-refractivity contribution is 7.05. The average molecular weight is 819 g/mol. The van der Waals surface area contributed by atoms with Crippen molar-refractivity contribution in [2.45, 2.75) is 0 Å². The SMILES string of the molecule is [B]c1c([B])c([B])c(-c2cc3c4c(c2)N(c2ccccc2)B2c5ccccc5N5c6ccccc6B6c7ccccc7N7c8ccccc8B(c8c-4c2c5c6c87)N3c2ccccc2)c([B])c1[B]. The third-order valence-corrected chi connectivity index (χ3v) is 15.2. The molecule has 0 amide bonds. The number of hydrogen-bond acceptors (Lipinski definition) is 4. The lowest BCUT2D eigenvalue weighted by Gasteiger charge is -2.56. The quantitative estimate of drug-likeness (QED) is 0.254. The number of para-hydroxylation sites is 6. The van der Waals surface area contributed by atoms with Crippen LogP contribution in [0, 0.1) is 0 Å². The van der Waals surface area contributed by atoms with Crippen molar-refractivity contribution in [2.75, 3.05) is 19.4 Å². The fourth-order valence-corrected chi connectivity index (χ4v) is 12.7. The first-order valence-corrected chi connectivity index (χ1v) is 22.5. The molecule has 0 atom stereocenters. The molecule has 0 bridgehead atoms. The second-order valence-electron chi connectivity index (χ2n) is 18.2. The molecular formula is C54H28B8N4. The predicted molar refractivity (Wildman–Crippen MR) is 285 cm³/mol. The summed E-state index contributed by atoms with van der Waals surface area (Å²) in [6.45, 7) is -0.465. The molecular weight excluding hydrogens is 791 g/mol. The molecule has 6 aliphatic heterocycles. The molecule has 288 valence electrons. The minimum atomic E-state index is -0.226. The molecule has 66 heavy (non-hydrogen) atoms. The predicted octanol–water partition coefficient (Wildman–Crippen LogP) is 2.21. The summed E-state index contributed by atoms with van der Waals surface area (Å²) in [6.07, 6.45) is 0. The Labute approximate surface area is 391 Å². The van der Waals surface area contributed by atoms with Crippen molar-refractivity contribution in [1.29, 1.82) is 0 Å². The van der Waals surface area contributed by atoms with Crippen LogP contribution in [0.25, 0.3) is 22.3 Å². The van der Waals surface area contributed by atoms with Gasteiger partial charge in [-0.1, -0.05) is 120 Å². The van der Waals surface area contributed by atoms with E-state index in [0.717, 1.165) is 45.3 Å². The lowest BCUT2D eigenvalue weighted by atomic mass is 9.28. The van der Waals surface area contributed by atoms with E-state index in [1.807, 2.05) is 0 Å². The van der Waals surface area contributed by atoms with Crippen molar-refractivity contribution >= 4 is 182 Å². The van der Waals surface area contributed by atoms with E-state index in [1.54, 1.807) is 0 Å². The van der Waals surface area contributed by atoms with Crippen LogP contribution < -0.4 is 85.0 Å². The summed E-state index contributed by atoms with van der Waals surface area (Å²) in [4.78, 5) is 10.3. The lowest BCUT2D eigenvalue weighted by molar-refractivity contribution is 1.23. The maximum Gasteiger partial charge on any atom is 0.333 e. The first kappa shape index (κ1) is 37.0. The molecule has 0 aromatic heterocycles. The number of rotatable bonds is 3. The number of fused-ring (bicyclic) bond motifs is 12. The standard InChI is InChI=1S/C54H28B8N4/c55-45-42(46(56)48(58)49(59)47(45)57)29-27-40-43-41(28-29)66(31-17-5-2-6-18-31)62-35-22-10-14-26-39(35)64-37-24-12-8-20-33(37)60-32-19-7-11-23-36(32)63-38-25-13-9-21-34(38)61(65(40)30-15-3-1-4-16-30)50-44(43)51(62)54(64)52(60)53(50)63/h1-28H. The monoisotopic (exact) mass is 820 g/mol. The van der Waals surface area contributed by atoms with E-state index >= 15 is 0 Å². The van der Waals surface area contributed by atoms with Gasteiger partial charge in [-0.05, 0) is 116 Å². The average Bonchev–Trinajstić information content (AvgIpc) is 3.37. The Bertz CT molecular complexity index is 3450. The Balaban J connectivity index is 1.20. The summed E-state index contributed by atoms with van der Waals surface area (Å²) in [5.41, 5.74) is 25.5. The van der Waals surface area contributed by atoms with Crippen LogP contribution in [0.5, 0.6) is 0 Å². The highest BCUT2D eigenvalue weighted by Gasteiger charge is 2.58. The minimum Gasteiger partial charge on any atom is -0.376 e. The number of hydrogen-bond donors (Lipinski definition) is 0. The number of benzene rings is 9. The van der Waals surface area contributed by atoms with Gasteiger partial charge < -0.3 is 19.4 Å². The van der Waals surface area contributed by atoms with Gasteiger partial charge >= 0.3 is 13.7 Å². The van der Waals surface area contributed by atoms with Crippen LogP contribution in [0.15, 0.2) is 170 Å². The second kappa shape index (κ2) is 12.9. The normalized spacial score (nSPS) is 14.5.